The lowest BCUT2D eigenvalue weighted by Crippen LogP contribution is -2.43. The maximum Gasteiger partial charge on any atom is 0.193 e. The van der Waals surface area contributed by atoms with E-state index in [4.69, 9.17) is 4.74 Å². The number of benzene rings is 1. The summed E-state index contributed by atoms with van der Waals surface area (Å²) >= 11 is 0. The van der Waals surface area contributed by atoms with Crippen LogP contribution in [-0.4, -0.2) is 44.7 Å². The van der Waals surface area contributed by atoms with Gasteiger partial charge in [-0.25, -0.2) is 4.39 Å². The van der Waals surface area contributed by atoms with E-state index in [0.29, 0.717) is 17.8 Å². The van der Waals surface area contributed by atoms with Crippen molar-refractivity contribution in [3.05, 3.63) is 30.1 Å². The Morgan fingerprint density at radius 2 is 2.00 bits per heavy atom. The third-order valence-electron chi connectivity index (χ3n) is 5.02. The Kier molecular flexibility index (Phi) is 6.71. The Morgan fingerprint density at radius 1 is 1.33 bits per heavy atom. The van der Waals surface area contributed by atoms with Crippen molar-refractivity contribution >= 4 is 29.9 Å². The summed E-state index contributed by atoms with van der Waals surface area (Å²) < 4.78 is 18.5. The largest absolute Gasteiger partial charge is 0.492 e. The van der Waals surface area contributed by atoms with Gasteiger partial charge in [0.25, 0.3) is 0 Å². The van der Waals surface area contributed by atoms with Crippen molar-refractivity contribution in [2.75, 3.05) is 33.8 Å². The van der Waals surface area contributed by atoms with E-state index in [1.807, 2.05) is 14.1 Å². The van der Waals surface area contributed by atoms with Gasteiger partial charge in [-0.2, -0.15) is 0 Å². The van der Waals surface area contributed by atoms with E-state index in [1.54, 1.807) is 12.1 Å². The molecule has 0 radical (unpaired) electrons. The molecule has 6 heteroatoms. The van der Waals surface area contributed by atoms with Crippen molar-refractivity contribution in [1.82, 2.24) is 10.2 Å². The molecule has 0 amide bonds. The summed E-state index contributed by atoms with van der Waals surface area (Å²) in [5.41, 5.74) is 0.557. The monoisotopic (exact) mass is 447 g/mol. The molecule has 2 fully saturated rings. The van der Waals surface area contributed by atoms with Gasteiger partial charge in [0.05, 0.1) is 6.54 Å². The summed E-state index contributed by atoms with van der Waals surface area (Å²) in [5.74, 6) is 2.30. The van der Waals surface area contributed by atoms with Crippen molar-refractivity contribution in [3.8, 4) is 5.75 Å². The van der Waals surface area contributed by atoms with E-state index in [-0.39, 0.29) is 29.8 Å². The van der Waals surface area contributed by atoms with Crippen LogP contribution >= 0.6 is 24.0 Å². The predicted molar refractivity (Wildman–Crippen MR) is 106 cm³/mol. The van der Waals surface area contributed by atoms with E-state index in [2.05, 4.69) is 15.2 Å². The third-order valence-corrected chi connectivity index (χ3v) is 5.02. The molecule has 0 atom stereocenters. The molecule has 2 saturated carbocycles. The van der Waals surface area contributed by atoms with Crippen LogP contribution in [0.3, 0.4) is 0 Å². The second-order valence-electron chi connectivity index (χ2n) is 6.76. The van der Waals surface area contributed by atoms with Crippen LogP contribution in [0.1, 0.15) is 25.7 Å². The van der Waals surface area contributed by atoms with Gasteiger partial charge in [0, 0.05) is 20.6 Å². The summed E-state index contributed by atoms with van der Waals surface area (Å²) in [4.78, 5) is 6.44. The van der Waals surface area contributed by atoms with E-state index >= 15 is 0 Å². The van der Waals surface area contributed by atoms with Crippen LogP contribution in [0.2, 0.25) is 0 Å². The molecule has 0 aliphatic heterocycles. The highest BCUT2D eigenvalue weighted by molar-refractivity contribution is 14.0. The molecule has 0 aromatic heterocycles. The number of hydrogen-bond donors (Lipinski definition) is 1. The average molecular weight is 447 g/mol. The topological polar surface area (TPSA) is 36.9 Å². The number of aliphatic imine (C=N–C) groups is 1. The molecule has 0 heterocycles. The van der Waals surface area contributed by atoms with Gasteiger partial charge in [0.2, 0.25) is 0 Å². The van der Waals surface area contributed by atoms with Crippen molar-refractivity contribution in [2.24, 2.45) is 16.3 Å². The molecule has 0 unspecified atom stereocenters. The average Bonchev–Trinajstić information content (AvgIpc) is 3.43. The molecular formula is C18H27FIN3O. The zero-order valence-corrected chi connectivity index (χ0v) is 16.8. The fourth-order valence-corrected chi connectivity index (χ4v) is 3.16. The maximum absolute atomic E-state index is 12.8. The Balaban J connectivity index is 0.00000208. The van der Waals surface area contributed by atoms with Gasteiger partial charge >= 0.3 is 0 Å². The molecule has 1 aromatic rings. The zero-order chi connectivity index (χ0) is 16.3. The molecule has 2 aliphatic carbocycles. The molecule has 134 valence electrons. The normalized spacial score (nSPS) is 18.5. The number of nitrogens with one attached hydrogen (secondary N) is 1. The summed E-state index contributed by atoms with van der Waals surface area (Å²) in [5, 5.41) is 3.52. The minimum Gasteiger partial charge on any atom is -0.492 e. The number of hydrogen-bond acceptors (Lipinski definition) is 2. The van der Waals surface area contributed by atoms with Crippen LogP contribution in [0.4, 0.5) is 4.39 Å². The lowest BCUT2D eigenvalue weighted by molar-refractivity contribution is 0.280. The first-order chi connectivity index (χ1) is 11.1. The molecule has 1 aromatic carbocycles. The lowest BCUT2D eigenvalue weighted by atomic mass is 10.0. The molecule has 1 N–H and O–H groups in total. The van der Waals surface area contributed by atoms with Crippen LogP contribution in [0, 0.1) is 17.2 Å². The molecule has 0 saturated heterocycles. The molecule has 0 bridgehead atoms. The number of ether oxygens (including phenoxy) is 1. The Morgan fingerprint density at radius 3 is 2.54 bits per heavy atom. The maximum atomic E-state index is 12.8. The number of halogens is 2. The van der Waals surface area contributed by atoms with Crippen LogP contribution < -0.4 is 10.1 Å². The molecule has 0 spiro atoms. The standard InChI is InChI=1S/C18H26FN3O.HI/c1-20-17(21-13-18(9-10-18)14-3-4-14)22(2)11-12-23-16-7-5-15(19)6-8-16;/h5-8,14H,3-4,9-13H2,1-2H3,(H,20,21);1H. The lowest BCUT2D eigenvalue weighted by Gasteiger charge is -2.24. The highest BCUT2D eigenvalue weighted by atomic mass is 127. The van der Waals surface area contributed by atoms with Gasteiger partial charge in [-0.15, -0.1) is 24.0 Å². The minimum absolute atomic E-state index is 0. The van der Waals surface area contributed by atoms with Crippen LogP contribution in [0.15, 0.2) is 29.3 Å². The summed E-state index contributed by atoms with van der Waals surface area (Å²) in [6.45, 7) is 2.30. The van der Waals surface area contributed by atoms with Gasteiger partial charge in [-0.3, -0.25) is 4.99 Å². The fraction of sp³-hybridized carbons (Fsp3) is 0.611. The highest BCUT2D eigenvalue weighted by Crippen LogP contribution is 2.60. The zero-order valence-electron chi connectivity index (χ0n) is 14.4. The molecular weight excluding hydrogens is 420 g/mol. The first kappa shape index (κ1) is 19.3. The van der Waals surface area contributed by atoms with E-state index in [9.17, 15) is 4.39 Å². The summed E-state index contributed by atoms with van der Waals surface area (Å²) in [6, 6.07) is 6.11. The number of guanidine groups is 1. The van der Waals surface area contributed by atoms with Crippen molar-refractivity contribution in [2.45, 2.75) is 25.7 Å². The molecule has 3 rings (SSSR count). The van der Waals surface area contributed by atoms with Gasteiger partial charge in [0.15, 0.2) is 5.96 Å². The number of rotatable bonds is 7. The second kappa shape index (κ2) is 8.36. The van der Waals surface area contributed by atoms with Gasteiger partial charge < -0.3 is 15.0 Å². The first-order valence-electron chi connectivity index (χ1n) is 8.43. The van der Waals surface area contributed by atoms with Crippen molar-refractivity contribution in [1.29, 1.82) is 0 Å². The smallest absolute Gasteiger partial charge is 0.193 e. The Hall–Kier alpha value is -1.05. The summed E-state index contributed by atoms with van der Waals surface area (Å²) in [7, 11) is 3.83. The number of likely N-dealkylation sites (N-methyl/N-ethyl adjacent to an activating group) is 1. The second-order valence-corrected chi connectivity index (χ2v) is 6.76. The molecule has 4 nitrogen and oxygen atoms in total. The van der Waals surface area contributed by atoms with Gasteiger partial charge in [-0.05, 0) is 61.3 Å². The predicted octanol–water partition coefficient (Wildman–Crippen LogP) is 3.52. The van der Waals surface area contributed by atoms with Crippen LogP contribution in [-0.2, 0) is 0 Å². The highest BCUT2D eigenvalue weighted by Gasteiger charge is 2.53. The van der Waals surface area contributed by atoms with Crippen LogP contribution in [0.5, 0.6) is 5.75 Å². The SMILES string of the molecule is CN=C(NCC1(C2CC2)CC1)N(C)CCOc1ccc(F)cc1.I. The molecule has 24 heavy (non-hydrogen) atoms. The quantitative estimate of drug-likeness (QED) is 0.395. The van der Waals surface area contributed by atoms with Crippen molar-refractivity contribution < 1.29 is 9.13 Å². The van der Waals surface area contributed by atoms with Gasteiger partial charge in [0.1, 0.15) is 18.2 Å². The summed E-state index contributed by atoms with van der Waals surface area (Å²) in [6.07, 6.45) is 5.53. The van der Waals surface area contributed by atoms with Crippen molar-refractivity contribution in [3.63, 3.8) is 0 Å². The first-order valence-corrected chi connectivity index (χ1v) is 8.43. The van der Waals surface area contributed by atoms with Gasteiger partial charge in [-0.1, -0.05) is 0 Å². The fourth-order valence-electron chi connectivity index (χ4n) is 3.16. The van der Waals surface area contributed by atoms with E-state index in [0.717, 1.165) is 25.0 Å². The minimum atomic E-state index is -0.247. The third kappa shape index (κ3) is 4.97. The Bertz CT molecular complexity index is 556. The molecule has 2 aliphatic rings. The van der Waals surface area contributed by atoms with E-state index in [1.165, 1.54) is 37.8 Å². The number of nitrogens with zero attached hydrogens (tertiary/aromatic N) is 2. The Labute approximate surface area is 160 Å². The van der Waals surface area contributed by atoms with E-state index < -0.39 is 0 Å². The van der Waals surface area contributed by atoms with Crippen LogP contribution in [0.25, 0.3) is 0 Å².